The Bertz CT molecular complexity index is 480. The molecule has 3 nitrogen and oxygen atoms in total. The van der Waals surface area contributed by atoms with Crippen molar-refractivity contribution in [3.8, 4) is 0 Å². The molecular formula is C14H20F3N3. The fourth-order valence-corrected chi connectivity index (χ4v) is 3.46. The molecule has 6 heteroatoms. The van der Waals surface area contributed by atoms with Crippen molar-refractivity contribution in [1.29, 1.82) is 0 Å². The molecule has 3 atom stereocenters. The number of nitrogens with two attached hydrogens (primary N) is 1. The zero-order valence-corrected chi connectivity index (χ0v) is 11.3. The first-order valence-electron chi connectivity index (χ1n) is 7.33. The molecular weight excluding hydrogens is 267 g/mol. The van der Waals surface area contributed by atoms with Crippen molar-refractivity contribution in [2.24, 2.45) is 11.7 Å². The van der Waals surface area contributed by atoms with E-state index in [9.17, 15) is 13.2 Å². The summed E-state index contributed by atoms with van der Waals surface area (Å²) in [6.07, 6.45) is 0.276. The number of hydrogen-bond acceptors (Lipinski definition) is 2. The SMILES string of the molecule is NC1CCc2nc(C3CCCC(C(F)(F)F)C3)[nH]c2C1. The molecule has 112 valence electrons. The fourth-order valence-electron chi connectivity index (χ4n) is 3.46. The number of aryl methyl sites for hydroxylation is 1. The molecule has 1 fully saturated rings. The summed E-state index contributed by atoms with van der Waals surface area (Å²) in [6.45, 7) is 0. The van der Waals surface area contributed by atoms with Crippen molar-refractivity contribution >= 4 is 0 Å². The normalized spacial score (nSPS) is 31.1. The van der Waals surface area contributed by atoms with Gasteiger partial charge in [0.2, 0.25) is 0 Å². The molecule has 0 amide bonds. The molecule has 1 aromatic heterocycles. The summed E-state index contributed by atoms with van der Waals surface area (Å²) < 4.78 is 38.6. The summed E-state index contributed by atoms with van der Waals surface area (Å²) in [6, 6.07) is 0.144. The number of nitrogens with zero attached hydrogens (tertiary/aromatic N) is 1. The third kappa shape index (κ3) is 2.71. The lowest BCUT2D eigenvalue weighted by atomic mass is 9.80. The summed E-state index contributed by atoms with van der Waals surface area (Å²) in [7, 11) is 0. The molecule has 0 aromatic carbocycles. The van der Waals surface area contributed by atoms with Crippen LogP contribution in [0.3, 0.4) is 0 Å². The number of H-pyrrole nitrogens is 1. The molecule has 2 aliphatic carbocycles. The first kappa shape index (κ1) is 13.9. The maximum Gasteiger partial charge on any atom is 0.391 e. The van der Waals surface area contributed by atoms with E-state index in [1.807, 2.05) is 0 Å². The Balaban J connectivity index is 1.76. The van der Waals surface area contributed by atoms with Gasteiger partial charge in [-0.25, -0.2) is 4.98 Å². The standard InChI is InChI=1S/C14H20F3N3/c15-14(16,17)9-3-1-2-8(6-9)13-19-11-5-4-10(18)7-12(11)20-13/h8-10H,1-7,18H2,(H,19,20). The largest absolute Gasteiger partial charge is 0.391 e. The number of fused-ring (bicyclic) bond motifs is 1. The van der Waals surface area contributed by atoms with Gasteiger partial charge in [0.15, 0.2) is 0 Å². The van der Waals surface area contributed by atoms with Crippen molar-refractivity contribution in [3.63, 3.8) is 0 Å². The van der Waals surface area contributed by atoms with E-state index in [4.69, 9.17) is 5.73 Å². The van der Waals surface area contributed by atoms with Gasteiger partial charge in [-0.05, 0) is 32.1 Å². The van der Waals surface area contributed by atoms with Crippen LogP contribution in [0.4, 0.5) is 13.2 Å². The second kappa shape index (κ2) is 5.06. The topological polar surface area (TPSA) is 54.7 Å². The maximum absolute atomic E-state index is 12.9. The lowest BCUT2D eigenvalue weighted by Gasteiger charge is -2.29. The van der Waals surface area contributed by atoms with Gasteiger partial charge in [-0.3, -0.25) is 0 Å². The second-order valence-electron chi connectivity index (χ2n) is 6.15. The number of alkyl halides is 3. The average Bonchev–Trinajstić information content (AvgIpc) is 2.81. The van der Waals surface area contributed by atoms with Gasteiger partial charge in [-0.1, -0.05) is 6.42 Å². The lowest BCUT2D eigenvalue weighted by Crippen LogP contribution is -2.28. The van der Waals surface area contributed by atoms with Gasteiger partial charge < -0.3 is 10.7 Å². The number of imidazole rings is 1. The highest BCUT2D eigenvalue weighted by Crippen LogP contribution is 2.43. The third-order valence-electron chi connectivity index (χ3n) is 4.62. The van der Waals surface area contributed by atoms with E-state index < -0.39 is 12.1 Å². The highest BCUT2D eigenvalue weighted by Gasteiger charge is 2.43. The Morgan fingerprint density at radius 1 is 1.20 bits per heavy atom. The Morgan fingerprint density at radius 2 is 2.00 bits per heavy atom. The van der Waals surface area contributed by atoms with E-state index in [1.165, 1.54) is 0 Å². The van der Waals surface area contributed by atoms with Gasteiger partial charge in [-0.15, -0.1) is 0 Å². The number of aromatic nitrogens is 2. The molecule has 1 aromatic rings. The Morgan fingerprint density at radius 3 is 2.75 bits per heavy atom. The minimum atomic E-state index is -4.08. The van der Waals surface area contributed by atoms with Crippen LogP contribution in [0.15, 0.2) is 0 Å². The van der Waals surface area contributed by atoms with Gasteiger partial charge in [0.1, 0.15) is 5.82 Å². The van der Waals surface area contributed by atoms with E-state index in [0.717, 1.165) is 42.9 Å². The quantitative estimate of drug-likeness (QED) is 0.834. The minimum Gasteiger partial charge on any atom is -0.345 e. The van der Waals surface area contributed by atoms with Crippen LogP contribution in [0.5, 0.6) is 0 Å². The first-order chi connectivity index (χ1) is 9.43. The molecule has 0 radical (unpaired) electrons. The molecule has 2 aliphatic rings. The Kier molecular flexibility index (Phi) is 3.52. The van der Waals surface area contributed by atoms with Crippen LogP contribution in [0.25, 0.3) is 0 Å². The number of nitrogens with one attached hydrogen (secondary N) is 1. The number of halogens is 3. The van der Waals surface area contributed by atoms with Crippen LogP contribution in [0.2, 0.25) is 0 Å². The summed E-state index contributed by atoms with van der Waals surface area (Å²) in [5.74, 6) is -0.513. The van der Waals surface area contributed by atoms with E-state index in [-0.39, 0.29) is 24.8 Å². The lowest BCUT2D eigenvalue weighted by molar-refractivity contribution is -0.183. The van der Waals surface area contributed by atoms with Crippen LogP contribution in [0.1, 0.15) is 55.2 Å². The van der Waals surface area contributed by atoms with Gasteiger partial charge in [0.05, 0.1) is 11.6 Å². The van der Waals surface area contributed by atoms with Gasteiger partial charge in [-0.2, -0.15) is 13.2 Å². The predicted molar refractivity (Wildman–Crippen MR) is 69.3 cm³/mol. The number of rotatable bonds is 1. The van der Waals surface area contributed by atoms with Crippen molar-refractivity contribution < 1.29 is 13.2 Å². The van der Waals surface area contributed by atoms with E-state index in [2.05, 4.69) is 9.97 Å². The highest BCUT2D eigenvalue weighted by atomic mass is 19.4. The van der Waals surface area contributed by atoms with Crippen LogP contribution >= 0.6 is 0 Å². The van der Waals surface area contributed by atoms with E-state index >= 15 is 0 Å². The van der Waals surface area contributed by atoms with Crippen LogP contribution in [-0.2, 0) is 12.8 Å². The van der Waals surface area contributed by atoms with Crippen molar-refractivity contribution in [3.05, 3.63) is 17.2 Å². The molecule has 0 saturated heterocycles. The summed E-state index contributed by atoms with van der Waals surface area (Å²) in [5.41, 5.74) is 7.96. The number of aromatic amines is 1. The molecule has 3 rings (SSSR count). The van der Waals surface area contributed by atoms with Gasteiger partial charge in [0, 0.05) is 24.1 Å². The average molecular weight is 287 g/mol. The first-order valence-corrected chi connectivity index (χ1v) is 7.33. The molecule has 0 spiro atoms. The predicted octanol–water partition coefficient (Wildman–Crippen LogP) is 3.06. The van der Waals surface area contributed by atoms with E-state index in [1.54, 1.807) is 0 Å². The monoisotopic (exact) mass is 287 g/mol. The van der Waals surface area contributed by atoms with E-state index in [0.29, 0.717) is 6.42 Å². The van der Waals surface area contributed by atoms with Gasteiger partial charge >= 0.3 is 6.18 Å². The Hall–Kier alpha value is -1.04. The maximum atomic E-state index is 12.9. The molecule has 1 heterocycles. The summed E-state index contributed by atoms with van der Waals surface area (Å²) >= 11 is 0. The number of hydrogen-bond donors (Lipinski definition) is 2. The zero-order valence-electron chi connectivity index (χ0n) is 11.3. The van der Waals surface area contributed by atoms with Crippen LogP contribution in [-0.4, -0.2) is 22.2 Å². The summed E-state index contributed by atoms with van der Waals surface area (Å²) in [5, 5.41) is 0. The highest BCUT2D eigenvalue weighted by molar-refractivity contribution is 5.21. The zero-order chi connectivity index (χ0) is 14.3. The smallest absolute Gasteiger partial charge is 0.345 e. The minimum absolute atomic E-state index is 0.0859. The third-order valence-corrected chi connectivity index (χ3v) is 4.62. The van der Waals surface area contributed by atoms with Crippen LogP contribution in [0, 0.1) is 5.92 Å². The van der Waals surface area contributed by atoms with Crippen molar-refractivity contribution in [1.82, 2.24) is 9.97 Å². The molecule has 20 heavy (non-hydrogen) atoms. The summed E-state index contributed by atoms with van der Waals surface area (Å²) in [4.78, 5) is 7.79. The van der Waals surface area contributed by atoms with Gasteiger partial charge in [0.25, 0.3) is 0 Å². The molecule has 3 N–H and O–H groups in total. The fraction of sp³-hybridized carbons (Fsp3) is 0.786. The molecule has 0 bridgehead atoms. The molecule has 3 unspecified atom stereocenters. The van der Waals surface area contributed by atoms with Crippen molar-refractivity contribution in [2.75, 3.05) is 0 Å². The second-order valence-corrected chi connectivity index (χ2v) is 6.15. The Labute approximate surface area is 116 Å². The van der Waals surface area contributed by atoms with Crippen molar-refractivity contribution in [2.45, 2.75) is 63.1 Å². The molecule has 1 saturated carbocycles. The molecule has 0 aliphatic heterocycles. The van der Waals surface area contributed by atoms with Crippen LogP contribution < -0.4 is 5.73 Å².